The lowest BCUT2D eigenvalue weighted by atomic mass is 10.0. The summed E-state index contributed by atoms with van der Waals surface area (Å²) in [5.41, 5.74) is 0.715. The van der Waals surface area contributed by atoms with Crippen molar-refractivity contribution in [2.75, 3.05) is 37.7 Å². The Morgan fingerprint density at radius 1 is 1.26 bits per heavy atom. The third-order valence-electron chi connectivity index (χ3n) is 4.22. The molecule has 7 heteroatoms. The van der Waals surface area contributed by atoms with E-state index in [4.69, 9.17) is 9.47 Å². The lowest BCUT2D eigenvalue weighted by molar-refractivity contribution is -0.118. The molecule has 1 atom stereocenters. The van der Waals surface area contributed by atoms with Crippen molar-refractivity contribution in [1.29, 1.82) is 0 Å². The van der Waals surface area contributed by atoms with Crippen LogP contribution in [0.15, 0.2) is 18.2 Å². The van der Waals surface area contributed by atoms with E-state index in [1.54, 1.807) is 44.4 Å². The Morgan fingerprint density at radius 3 is 2.52 bits per heavy atom. The number of benzene rings is 1. The maximum atomic E-state index is 12.3. The van der Waals surface area contributed by atoms with Crippen LogP contribution in [0.2, 0.25) is 0 Å². The molecule has 0 radical (unpaired) electrons. The van der Waals surface area contributed by atoms with E-state index in [0.29, 0.717) is 36.4 Å². The summed E-state index contributed by atoms with van der Waals surface area (Å²) in [5, 5.41) is 0. The van der Waals surface area contributed by atoms with E-state index in [1.165, 1.54) is 0 Å². The zero-order valence-corrected chi connectivity index (χ0v) is 14.6. The molecule has 1 heterocycles. The lowest BCUT2D eigenvalue weighted by Gasteiger charge is -2.19. The maximum absolute atomic E-state index is 12.3. The number of carbonyl (C=O) groups is 1. The van der Waals surface area contributed by atoms with E-state index < -0.39 is 9.84 Å². The molecule has 1 amide bonds. The molecule has 1 aromatic carbocycles. The average molecular weight is 341 g/mol. The fourth-order valence-electron chi connectivity index (χ4n) is 2.77. The van der Waals surface area contributed by atoms with E-state index in [2.05, 4.69) is 0 Å². The van der Waals surface area contributed by atoms with Crippen LogP contribution < -0.4 is 14.4 Å². The number of rotatable bonds is 6. The fraction of sp³-hybridized carbons (Fsp3) is 0.562. The predicted octanol–water partition coefficient (Wildman–Crippen LogP) is 1.88. The Kier molecular flexibility index (Phi) is 5.51. The van der Waals surface area contributed by atoms with Crippen molar-refractivity contribution in [3.05, 3.63) is 18.2 Å². The summed E-state index contributed by atoms with van der Waals surface area (Å²) >= 11 is 0. The number of hydrogen-bond acceptors (Lipinski definition) is 5. The van der Waals surface area contributed by atoms with Crippen LogP contribution in [-0.2, 0) is 14.6 Å². The number of hydrogen-bond donors (Lipinski definition) is 0. The standard InChI is InChI=1S/C16H23NO5S/c1-17(13-5-6-14(21-2)15(10-13)22-3)16(18)7-4-12-8-9-23(19,20)11-12/h5-6,10,12H,4,7-9,11H2,1-3H3. The zero-order chi connectivity index (χ0) is 17.0. The van der Waals surface area contributed by atoms with Gasteiger partial charge < -0.3 is 14.4 Å². The van der Waals surface area contributed by atoms with E-state index >= 15 is 0 Å². The Hall–Kier alpha value is -1.76. The van der Waals surface area contributed by atoms with Gasteiger partial charge in [-0.25, -0.2) is 8.42 Å². The second-order valence-electron chi connectivity index (χ2n) is 5.80. The van der Waals surface area contributed by atoms with Crippen LogP contribution in [0, 0.1) is 5.92 Å². The molecule has 0 bridgehead atoms. The molecule has 1 saturated heterocycles. The molecular weight excluding hydrogens is 318 g/mol. The van der Waals surface area contributed by atoms with Crippen molar-refractivity contribution >= 4 is 21.4 Å². The largest absolute Gasteiger partial charge is 0.493 e. The first kappa shape index (κ1) is 17.6. The van der Waals surface area contributed by atoms with E-state index in [9.17, 15) is 13.2 Å². The Labute approximate surface area is 137 Å². The molecule has 0 aromatic heterocycles. The summed E-state index contributed by atoms with van der Waals surface area (Å²) in [6.07, 6.45) is 1.61. The molecule has 1 unspecified atom stereocenters. The minimum absolute atomic E-state index is 0.0403. The van der Waals surface area contributed by atoms with Crippen LogP contribution in [-0.4, -0.2) is 47.1 Å². The topological polar surface area (TPSA) is 72.9 Å². The highest BCUT2D eigenvalue weighted by molar-refractivity contribution is 7.91. The molecule has 128 valence electrons. The van der Waals surface area contributed by atoms with Crippen LogP contribution >= 0.6 is 0 Å². The van der Waals surface area contributed by atoms with Crippen molar-refractivity contribution in [3.8, 4) is 11.5 Å². The second kappa shape index (κ2) is 7.21. The summed E-state index contributed by atoms with van der Waals surface area (Å²) in [7, 11) is 1.92. The number of carbonyl (C=O) groups excluding carboxylic acids is 1. The van der Waals surface area contributed by atoms with Gasteiger partial charge in [-0.2, -0.15) is 0 Å². The number of amides is 1. The summed E-state index contributed by atoms with van der Waals surface area (Å²) in [5.74, 6) is 1.68. The third-order valence-corrected chi connectivity index (χ3v) is 6.06. The summed E-state index contributed by atoms with van der Waals surface area (Å²) in [6.45, 7) is 0. The average Bonchev–Trinajstić information content (AvgIpc) is 2.90. The molecule has 1 aromatic rings. The van der Waals surface area contributed by atoms with Crippen molar-refractivity contribution in [2.24, 2.45) is 5.92 Å². The van der Waals surface area contributed by atoms with Crippen LogP contribution in [0.4, 0.5) is 5.69 Å². The van der Waals surface area contributed by atoms with Crippen molar-refractivity contribution in [3.63, 3.8) is 0 Å². The predicted molar refractivity (Wildman–Crippen MR) is 89.0 cm³/mol. The number of sulfone groups is 1. The van der Waals surface area contributed by atoms with Gasteiger partial charge in [0.15, 0.2) is 21.3 Å². The molecule has 6 nitrogen and oxygen atoms in total. The third kappa shape index (κ3) is 4.37. The highest BCUT2D eigenvalue weighted by Crippen LogP contribution is 2.31. The first-order valence-electron chi connectivity index (χ1n) is 7.55. The molecule has 0 aliphatic carbocycles. The van der Waals surface area contributed by atoms with Crippen molar-refractivity contribution < 1.29 is 22.7 Å². The molecule has 0 saturated carbocycles. The van der Waals surface area contributed by atoms with Gasteiger partial charge in [-0.15, -0.1) is 0 Å². The molecule has 23 heavy (non-hydrogen) atoms. The van der Waals surface area contributed by atoms with Gasteiger partial charge in [0.25, 0.3) is 0 Å². The van der Waals surface area contributed by atoms with Crippen LogP contribution in [0.1, 0.15) is 19.3 Å². The Morgan fingerprint density at radius 2 is 1.96 bits per heavy atom. The van der Waals surface area contributed by atoms with Gasteiger partial charge in [0.05, 0.1) is 25.7 Å². The maximum Gasteiger partial charge on any atom is 0.226 e. The molecule has 2 rings (SSSR count). The second-order valence-corrected chi connectivity index (χ2v) is 8.03. The van der Waals surface area contributed by atoms with Crippen molar-refractivity contribution in [1.82, 2.24) is 0 Å². The minimum Gasteiger partial charge on any atom is -0.493 e. The zero-order valence-electron chi connectivity index (χ0n) is 13.7. The van der Waals surface area contributed by atoms with E-state index in [-0.39, 0.29) is 23.3 Å². The number of methoxy groups -OCH3 is 2. The number of ether oxygens (including phenoxy) is 2. The normalized spacial score (nSPS) is 19.3. The van der Waals surface area contributed by atoms with E-state index in [0.717, 1.165) is 0 Å². The van der Waals surface area contributed by atoms with Gasteiger partial charge in [-0.05, 0) is 30.9 Å². The minimum atomic E-state index is -2.89. The smallest absolute Gasteiger partial charge is 0.226 e. The van der Waals surface area contributed by atoms with E-state index in [1.807, 2.05) is 0 Å². The van der Waals surface area contributed by atoms with Gasteiger partial charge in [0.2, 0.25) is 5.91 Å². The number of anilines is 1. The van der Waals surface area contributed by atoms with Gasteiger partial charge in [-0.1, -0.05) is 0 Å². The summed E-state index contributed by atoms with van der Waals surface area (Å²) in [4.78, 5) is 13.9. The molecule has 0 spiro atoms. The van der Waals surface area contributed by atoms with Crippen LogP contribution in [0.5, 0.6) is 11.5 Å². The van der Waals surface area contributed by atoms with Gasteiger partial charge >= 0.3 is 0 Å². The molecule has 0 N–H and O–H groups in total. The Balaban J connectivity index is 1.97. The Bertz CT molecular complexity index is 671. The lowest BCUT2D eigenvalue weighted by Crippen LogP contribution is -2.26. The summed E-state index contributed by atoms with van der Waals surface area (Å²) < 4.78 is 33.3. The first-order chi connectivity index (χ1) is 10.9. The first-order valence-corrected chi connectivity index (χ1v) is 9.37. The van der Waals surface area contributed by atoms with Crippen LogP contribution in [0.3, 0.4) is 0 Å². The quantitative estimate of drug-likeness (QED) is 0.790. The SMILES string of the molecule is COc1ccc(N(C)C(=O)CCC2CCS(=O)(=O)C2)cc1OC. The van der Waals surface area contributed by atoms with Gasteiger partial charge in [0.1, 0.15) is 0 Å². The molecule has 1 aliphatic heterocycles. The molecule has 1 fully saturated rings. The highest BCUT2D eigenvalue weighted by Gasteiger charge is 2.28. The highest BCUT2D eigenvalue weighted by atomic mass is 32.2. The molecular formula is C16H23NO5S. The summed E-state index contributed by atoms with van der Waals surface area (Å²) in [6, 6.07) is 5.29. The molecule has 1 aliphatic rings. The van der Waals surface area contributed by atoms with Crippen molar-refractivity contribution in [2.45, 2.75) is 19.3 Å². The van der Waals surface area contributed by atoms with Crippen LogP contribution in [0.25, 0.3) is 0 Å². The monoisotopic (exact) mass is 341 g/mol. The van der Waals surface area contributed by atoms with Gasteiger partial charge in [-0.3, -0.25) is 4.79 Å². The van der Waals surface area contributed by atoms with Gasteiger partial charge in [0, 0.05) is 25.2 Å². The fourth-order valence-corrected chi connectivity index (χ4v) is 4.68. The number of nitrogens with zero attached hydrogens (tertiary/aromatic N) is 1.